The number of imidazole rings is 1. The van der Waals surface area contributed by atoms with E-state index in [1.165, 1.54) is 39.2 Å². The van der Waals surface area contributed by atoms with Crippen molar-refractivity contribution in [3.63, 3.8) is 0 Å². The summed E-state index contributed by atoms with van der Waals surface area (Å²) in [6, 6.07) is 17.3. The first-order valence-electron chi connectivity index (χ1n) is 14.4. The molecule has 1 aliphatic heterocycles. The van der Waals surface area contributed by atoms with E-state index >= 15 is 0 Å². The number of aromatic nitrogens is 3. The second-order valence-electron chi connectivity index (χ2n) is 10.7. The molecule has 0 amide bonds. The maximum absolute atomic E-state index is 6.27. The third-order valence-corrected chi connectivity index (χ3v) is 8.14. The quantitative estimate of drug-likeness (QED) is 0.304. The molecule has 2 aliphatic rings. The number of hydrogen-bond acceptors (Lipinski definition) is 6. The van der Waals surface area contributed by atoms with Crippen LogP contribution in [0.4, 0.5) is 5.69 Å². The van der Waals surface area contributed by atoms with Gasteiger partial charge in [-0.1, -0.05) is 42.4 Å². The van der Waals surface area contributed by atoms with Crippen LogP contribution in [-0.2, 0) is 19.4 Å². The Hall–Kier alpha value is -3.49. The summed E-state index contributed by atoms with van der Waals surface area (Å²) in [6.45, 7) is 13.5. The number of piperazine rings is 1. The number of hydrazine groups is 1. The van der Waals surface area contributed by atoms with Crippen molar-refractivity contribution in [2.45, 2.75) is 39.3 Å². The summed E-state index contributed by atoms with van der Waals surface area (Å²) in [5.41, 5.74) is 8.93. The first-order chi connectivity index (χ1) is 19.9. The number of pyridine rings is 1. The van der Waals surface area contributed by atoms with Gasteiger partial charge in [0.25, 0.3) is 0 Å². The summed E-state index contributed by atoms with van der Waals surface area (Å²) in [7, 11) is 0. The highest BCUT2D eigenvalue weighted by Gasteiger charge is 2.31. The third kappa shape index (κ3) is 7.05. The Bertz CT molecular complexity index is 1390. The molecule has 2 N–H and O–H groups in total. The van der Waals surface area contributed by atoms with Gasteiger partial charge in [0.05, 0.1) is 18.1 Å². The van der Waals surface area contributed by atoms with E-state index in [2.05, 4.69) is 82.2 Å². The van der Waals surface area contributed by atoms with Gasteiger partial charge in [-0.15, -0.1) is 0 Å². The SMILES string of the molecule is C=CN(CC)c1cccc(Cn2ccnc2)c1.Cc1cnc2c(c1)CCc1cc(Cl)ccc1C2N1CCN(N)CC1. The molecule has 3 heterocycles. The van der Waals surface area contributed by atoms with Gasteiger partial charge in [0.15, 0.2) is 0 Å². The van der Waals surface area contributed by atoms with Crippen LogP contribution in [0.1, 0.15) is 46.5 Å². The van der Waals surface area contributed by atoms with Crippen molar-refractivity contribution in [1.29, 1.82) is 0 Å². The molecule has 0 spiro atoms. The summed E-state index contributed by atoms with van der Waals surface area (Å²) in [4.78, 5) is 13.5. The number of benzene rings is 2. The number of aryl methyl sites for hydroxylation is 3. The van der Waals surface area contributed by atoms with Gasteiger partial charge in [-0.2, -0.15) is 0 Å². The molecule has 0 bridgehead atoms. The Morgan fingerprint density at radius 3 is 2.61 bits per heavy atom. The van der Waals surface area contributed by atoms with E-state index < -0.39 is 0 Å². The second-order valence-corrected chi connectivity index (χ2v) is 11.2. The topological polar surface area (TPSA) is 66.5 Å². The lowest BCUT2D eigenvalue weighted by molar-refractivity contribution is 0.108. The molecule has 2 aromatic carbocycles. The standard InChI is InChI=1S/C19H23ClN4.C14H17N3/c1-13-10-15-3-2-14-11-16(20)4-5-17(14)19(18(15)22-12-13)23-6-8-24(21)9-7-23;1-3-17(4-2)14-7-5-6-13(10-14)11-16-9-8-15-12-16/h4-5,10-12,19H,2-3,6-9,21H2,1H3;3,5-10,12H,1,4,11H2,2H3. The van der Waals surface area contributed by atoms with Crippen molar-refractivity contribution in [2.24, 2.45) is 5.84 Å². The van der Waals surface area contributed by atoms with Crippen LogP contribution >= 0.6 is 11.6 Å². The normalized spacial score (nSPS) is 17.0. The number of fused-ring (bicyclic) bond motifs is 2. The lowest BCUT2D eigenvalue weighted by Gasteiger charge is -2.38. The van der Waals surface area contributed by atoms with E-state index in [4.69, 9.17) is 22.4 Å². The van der Waals surface area contributed by atoms with Crippen molar-refractivity contribution < 1.29 is 0 Å². The van der Waals surface area contributed by atoms with Gasteiger partial charge in [0, 0.05) is 68.6 Å². The predicted molar refractivity (Wildman–Crippen MR) is 168 cm³/mol. The fourth-order valence-corrected chi connectivity index (χ4v) is 5.96. The first kappa shape index (κ1) is 29.0. The van der Waals surface area contributed by atoms with Gasteiger partial charge in [0.2, 0.25) is 0 Å². The van der Waals surface area contributed by atoms with E-state index in [1.54, 1.807) is 6.20 Å². The van der Waals surface area contributed by atoms with Crippen LogP contribution in [0, 0.1) is 6.92 Å². The molecule has 0 radical (unpaired) electrons. The largest absolute Gasteiger partial charge is 0.349 e. The van der Waals surface area contributed by atoms with Crippen LogP contribution in [0.5, 0.6) is 0 Å². The zero-order valence-corrected chi connectivity index (χ0v) is 24.8. The zero-order valence-electron chi connectivity index (χ0n) is 24.1. The van der Waals surface area contributed by atoms with Gasteiger partial charge >= 0.3 is 0 Å². The number of nitrogens with zero attached hydrogens (tertiary/aromatic N) is 6. The molecular formula is C33H40ClN7. The first-order valence-corrected chi connectivity index (χ1v) is 14.7. The fraction of sp³-hybridized carbons (Fsp3) is 0.333. The number of anilines is 1. The molecule has 1 fully saturated rings. The lowest BCUT2D eigenvalue weighted by atomic mass is 9.96. The average Bonchev–Trinajstić information content (AvgIpc) is 3.43. The van der Waals surface area contributed by atoms with E-state index in [0.717, 1.165) is 57.1 Å². The Balaban J connectivity index is 0.000000175. The van der Waals surface area contributed by atoms with Gasteiger partial charge < -0.3 is 9.47 Å². The Kier molecular flexibility index (Phi) is 9.52. The van der Waals surface area contributed by atoms with Crippen LogP contribution in [0.15, 0.2) is 86.2 Å². The van der Waals surface area contributed by atoms with E-state index in [-0.39, 0.29) is 6.04 Å². The molecule has 1 atom stereocenters. The predicted octanol–water partition coefficient (Wildman–Crippen LogP) is 5.62. The van der Waals surface area contributed by atoms with Crippen molar-refractivity contribution >= 4 is 17.3 Å². The fourth-order valence-electron chi connectivity index (χ4n) is 5.77. The minimum Gasteiger partial charge on any atom is -0.349 e. The monoisotopic (exact) mass is 569 g/mol. The maximum atomic E-state index is 6.27. The number of rotatable bonds is 6. The molecule has 2 aromatic heterocycles. The van der Waals surface area contributed by atoms with Crippen molar-refractivity contribution in [1.82, 2.24) is 24.4 Å². The number of nitrogens with two attached hydrogens (primary N) is 1. The smallest absolute Gasteiger partial charge is 0.0949 e. The maximum Gasteiger partial charge on any atom is 0.0949 e. The summed E-state index contributed by atoms with van der Waals surface area (Å²) in [5, 5.41) is 2.72. The van der Waals surface area contributed by atoms with Crippen molar-refractivity contribution in [3.05, 3.63) is 125 Å². The van der Waals surface area contributed by atoms with Gasteiger partial charge in [0.1, 0.15) is 0 Å². The average molecular weight is 570 g/mol. The van der Waals surface area contributed by atoms with Gasteiger partial charge in [-0.25, -0.2) is 9.99 Å². The minimum absolute atomic E-state index is 0.198. The molecule has 41 heavy (non-hydrogen) atoms. The Morgan fingerprint density at radius 1 is 1.07 bits per heavy atom. The molecule has 4 aromatic rings. The van der Waals surface area contributed by atoms with Gasteiger partial charge in [-0.3, -0.25) is 15.7 Å². The minimum atomic E-state index is 0.198. The Morgan fingerprint density at radius 2 is 1.88 bits per heavy atom. The molecule has 7 nitrogen and oxygen atoms in total. The lowest BCUT2D eigenvalue weighted by Crippen LogP contribution is -2.50. The summed E-state index contributed by atoms with van der Waals surface area (Å²) in [5.74, 6) is 5.96. The van der Waals surface area contributed by atoms with Gasteiger partial charge in [-0.05, 0) is 85.0 Å². The molecule has 8 heteroatoms. The highest BCUT2D eigenvalue weighted by Crippen LogP contribution is 2.37. The highest BCUT2D eigenvalue weighted by molar-refractivity contribution is 6.30. The van der Waals surface area contributed by atoms with Crippen molar-refractivity contribution in [2.75, 3.05) is 37.6 Å². The number of hydrogen-bond donors (Lipinski definition) is 1. The molecule has 0 saturated carbocycles. The molecule has 1 saturated heterocycles. The summed E-state index contributed by atoms with van der Waals surface area (Å²) in [6.07, 6.45) is 11.5. The van der Waals surface area contributed by atoms with Crippen LogP contribution < -0.4 is 10.7 Å². The van der Waals surface area contributed by atoms with Crippen LogP contribution in [0.2, 0.25) is 5.02 Å². The zero-order chi connectivity index (χ0) is 28.8. The van der Waals surface area contributed by atoms with E-state index in [9.17, 15) is 0 Å². The van der Waals surface area contributed by atoms with Crippen LogP contribution in [-0.4, -0.2) is 57.2 Å². The van der Waals surface area contributed by atoms with Crippen LogP contribution in [0.25, 0.3) is 0 Å². The summed E-state index contributed by atoms with van der Waals surface area (Å²) < 4.78 is 2.06. The molecular weight excluding hydrogens is 530 g/mol. The summed E-state index contributed by atoms with van der Waals surface area (Å²) >= 11 is 6.27. The number of halogens is 1. The molecule has 1 aliphatic carbocycles. The molecule has 1 unspecified atom stereocenters. The van der Waals surface area contributed by atoms with Crippen LogP contribution in [0.3, 0.4) is 0 Å². The highest BCUT2D eigenvalue weighted by atomic mass is 35.5. The third-order valence-electron chi connectivity index (χ3n) is 7.90. The van der Waals surface area contributed by atoms with Crippen molar-refractivity contribution in [3.8, 4) is 0 Å². The second kappa shape index (κ2) is 13.4. The van der Waals surface area contributed by atoms with E-state index in [0.29, 0.717) is 0 Å². The molecule has 6 rings (SSSR count). The molecule has 214 valence electrons. The van der Waals surface area contributed by atoms with E-state index in [1.807, 2.05) is 36.0 Å². The Labute approximate surface area is 248 Å².